The molecule has 0 aromatic heterocycles. The second-order valence-corrected chi connectivity index (χ2v) is 4.99. The molecule has 0 saturated heterocycles. The van der Waals surface area contributed by atoms with Crippen LogP contribution in [0.3, 0.4) is 0 Å². The van der Waals surface area contributed by atoms with Gasteiger partial charge in [0.1, 0.15) is 0 Å². The van der Waals surface area contributed by atoms with Crippen molar-refractivity contribution in [3.63, 3.8) is 0 Å². The minimum absolute atomic E-state index is 0.142. The Labute approximate surface area is 97.6 Å². The Morgan fingerprint density at radius 3 is 2.47 bits per heavy atom. The molecule has 15 heavy (non-hydrogen) atoms. The summed E-state index contributed by atoms with van der Waals surface area (Å²) < 4.78 is 0. The van der Waals surface area contributed by atoms with E-state index in [4.69, 9.17) is 17.3 Å². The van der Waals surface area contributed by atoms with Gasteiger partial charge in [0.25, 0.3) is 0 Å². The van der Waals surface area contributed by atoms with Crippen molar-refractivity contribution in [3.8, 4) is 0 Å². The van der Waals surface area contributed by atoms with Gasteiger partial charge in [-0.1, -0.05) is 37.6 Å². The van der Waals surface area contributed by atoms with Crippen molar-refractivity contribution in [1.29, 1.82) is 0 Å². The smallest absolute Gasteiger partial charge is 0.0435 e. The van der Waals surface area contributed by atoms with Crippen LogP contribution >= 0.6 is 11.6 Å². The SMILES string of the molecule is Cc1cc([C@H](N)CCC(C)C)ccc1Cl. The molecule has 0 aliphatic carbocycles. The first-order chi connectivity index (χ1) is 7.00. The fourth-order valence-corrected chi connectivity index (χ4v) is 1.70. The van der Waals surface area contributed by atoms with E-state index in [9.17, 15) is 0 Å². The average molecular weight is 226 g/mol. The maximum absolute atomic E-state index is 6.12. The van der Waals surface area contributed by atoms with Crippen molar-refractivity contribution in [1.82, 2.24) is 0 Å². The van der Waals surface area contributed by atoms with Gasteiger partial charge in [-0.25, -0.2) is 0 Å². The lowest BCUT2D eigenvalue weighted by atomic mass is 9.97. The Morgan fingerprint density at radius 2 is 1.93 bits per heavy atom. The highest BCUT2D eigenvalue weighted by Gasteiger charge is 2.08. The topological polar surface area (TPSA) is 26.0 Å². The van der Waals surface area contributed by atoms with Crippen molar-refractivity contribution in [2.75, 3.05) is 0 Å². The van der Waals surface area contributed by atoms with Crippen LogP contribution in [0.1, 0.15) is 43.9 Å². The highest BCUT2D eigenvalue weighted by Crippen LogP contribution is 2.23. The zero-order chi connectivity index (χ0) is 11.4. The first-order valence-corrected chi connectivity index (χ1v) is 5.90. The molecule has 1 aromatic rings. The summed E-state index contributed by atoms with van der Waals surface area (Å²) in [4.78, 5) is 0. The molecule has 0 aliphatic heterocycles. The number of benzene rings is 1. The van der Waals surface area contributed by atoms with Crippen LogP contribution in [0.4, 0.5) is 0 Å². The molecule has 1 atom stereocenters. The Bertz CT molecular complexity index is 320. The van der Waals surface area contributed by atoms with Gasteiger partial charge in [-0.15, -0.1) is 0 Å². The van der Waals surface area contributed by atoms with Crippen LogP contribution in [0.5, 0.6) is 0 Å². The van der Waals surface area contributed by atoms with Crippen molar-refractivity contribution >= 4 is 11.6 Å². The van der Waals surface area contributed by atoms with E-state index in [-0.39, 0.29) is 6.04 Å². The molecule has 1 rings (SSSR count). The second-order valence-electron chi connectivity index (χ2n) is 4.59. The summed E-state index contributed by atoms with van der Waals surface area (Å²) in [5.41, 5.74) is 8.42. The van der Waals surface area contributed by atoms with Crippen LogP contribution in [0.25, 0.3) is 0 Å². The minimum Gasteiger partial charge on any atom is -0.324 e. The van der Waals surface area contributed by atoms with Gasteiger partial charge in [-0.05, 0) is 42.9 Å². The van der Waals surface area contributed by atoms with Gasteiger partial charge in [0.2, 0.25) is 0 Å². The Morgan fingerprint density at radius 1 is 1.27 bits per heavy atom. The highest BCUT2D eigenvalue weighted by atomic mass is 35.5. The zero-order valence-electron chi connectivity index (χ0n) is 9.76. The number of hydrogen-bond donors (Lipinski definition) is 1. The molecule has 84 valence electrons. The summed E-state index contributed by atoms with van der Waals surface area (Å²) >= 11 is 5.97. The predicted octanol–water partition coefficient (Wildman–Crippen LogP) is 4.08. The molecular weight excluding hydrogens is 206 g/mol. The van der Waals surface area contributed by atoms with Crippen LogP contribution in [0.2, 0.25) is 5.02 Å². The third-order valence-electron chi connectivity index (χ3n) is 2.67. The van der Waals surface area contributed by atoms with Gasteiger partial charge in [0, 0.05) is 11.1 Å². The maximum atomic E-state index is 6.12. The van der Waals surface area contributed by atoms with E-state index in [1.165, 1.54) is 12.0 Å². The molecule has 2 heteroatoms. The van der Waals surface area contributed by atoms with E-state index in [1.807, 2.05) is 19.1 Å². The minimum atomic E-state index is 0.142. The van der Waals surface area contributed by atoms with Crippen LogP contribution in [-0.4, -0.2) is 0 Å². The summed E-state index contributed by atoms with van der Waals surface area (Å²) in [5.74, 6) is 0.712. The lowest BCUT2D eigenvalue weighted by Crippen LogP contribution is -2.11. The fraction of sp³-hybridized carbons (Fsp3) is 0.538. The van der Waals surface area contributed by atoms with Crippen molar-refractivity contribution in [2.24, 2.45) is 11.7 Å². The Kier molecular flexibility index (Phi) is 4.62. The summed E-state index contributed by atoms with van der Waals surface area (Å²) in [6.45, 7) is 6.46. The van der Waals surface area contributed by atoms with Crippen molar-refractivity contribution in [2.45, 2.75) is 39.7 Å². The van der Waals surface area contributed by atoms with E-state index in [0.29, 0.717) is 5.92 Å². The van der Waals surface area contributed by atoms with Gasteiger partial charge < -0.3 is 5.73 Å². The summed E-state index contributed by atoms with van der Waals surface area (Å²) in [6, 6.07) is 6.19. The highest BCUT2D eigenvalue weighted by molar-refractivity contribution is 6.31. The van der Waals surface area contributed by atoms with E-state index in [2.05, 4.69) is 19.9 Å². The standard InChI is InChI=1S/C13H20ClN/c1-9(2)4-7-13(15)11-5-6-12(14)10(3)8-11/h5-6,8-9,13H,4,7,15H2,1-3H3/t13-/m1/s1. The van der Waals surface area contributed by atoms with Crippen molar-refractivity contribution in [3.05, 3.63) is 34.3 Å². The summed E-state index contributed by atoms with van der Waals surface area (Å²) in [5, 5.41) is 0.815. The molecule has 0 spiro atoms. The van der Waals surface area contributed by atoms with Crippen LogP contribution in [-0.2, 0) is 0 Å². The van der Waals surface area contributed by atoms with Gasteiger partial charge in [-0.3, -0.25) is 0 Å². The monoisotopic (exact) mass is 225 g/mol. The number of nitrogens with two attached hydrogens (primary N) is 1. The van der Waals surface area contributed by atoms with E-state index in [0.717, 1.165) is 17.0 Å². The molecule has 0 saturated carbocycles. The normalized spacial score (nSPS) is 13.2. The quantitative estimate of drug-likeness (QED) is 0.821. The predicted molar refractivity (Wildman–Crippen MR) is 67.2 cm³/mol. The molecule has 1 aromatic carbocycles. The van der Waals surface area contributed by atoms with Gasteiger partial charge >= 0.3 is 0 Å². The Hall–Kier alpha value is -0.530. The number of aryl methyl sites for hydroxylation is 1. The molecule has 0 heterocycles. The van der Waals surface area contributed by atoms with E-state index in [1.54, 1.807) is 0 Å². The molecule has 0 unspecified atom stereocenters. The van der Waals surface area contributed by atoms with E-state index < -0.39 is 0 Å². The number of hydrogen-bond acceptors (Lipinski definition) is 1. The molecular formula is C13H20ClN. The van der Waals surface area contributed by atoms with Crippen LogP contribution < -0.4 is 5.73 Å². The molecule has 0 radical (unpaired) electrons. The van der Waals surface area contributed by atoms with Gasteiger partial charge in [-0.2, -0.15) is 0 Å². The summed E-state index contributed by atoms with van der Waals surface area (Å²) in [6.07, 6.45) is 2.21. The molecule has 1 nitrogen and oxygen atoms in total. The number of halogens is 1. The second kappa shape index (κ2) is 5.53. The maximum Gasteiger partial charge on any atom is 0.0435 e. The lowest BCUT2D eigenvalue weighted by Gasteiger charge is -2.14. The number of rotatable bonds is 4. The average Bonchev–Trinajstić information content (AvgIpc) is 2.18. The molecule has 0 aliphatic rings. The summed E-state index contributed by atoms with van der Waals surface area (Å²) in [7, 11) is 0. The molecule has 0 amide bonds. The Balaban J connectivity index is 2.65. The molecule has 2 N–H and O–H groups in total. The zero-order valence-corrected chi connectivity index (χ0v) is 10.5. The van der Waals surface area contributed by atoms with Crippen molar-refractivity contribution < 1.29 is 0 Å². The lowest BCUT2D eigenvalue weighted by molar-refractivity contribution is 0.507. The third kappa shape index (κ3) is 3.84. The van der Waals surface area contributed by atoms with E-state index >= 15 is 0 Å². The third-order valence-corrected chi connectivity index (χ3v) is 3.09. The first-order valence-electron chi connectivity index (χ1n) is 5.52. The van der Waals surface area contributed by atoms with Gasteiger partial charge in [0.15, 0.2) is 0 Å². The molecule has 0 fully saturated rings. The fourth-order valence-electron chi connectivity index (χ4n) is 1.58. The van der Waals surface area contributed by atoms with Gasteiger partial charge in [0.05, 0.1) is 0 Å². The first kappa shape index (κ1) is 12.5. The largest absolute Gasteiger partial charge is 0.324 e. The van der Waals surface area contributed by atoms with Crippen LogP contribution in [0.15, 0.2) is 18.2 Å². The molecule has 0 bridgehead atoms. The van der Waals surface area contributed by atoms with Crippen LogP contribution in [0, 0.1) is 12.8 Å².